The molecule has 92 valence electrons. The molecular weight excluding hydrogens is 236 g/mol. The maximum absolute atomic E-state index is 11.0. The predicted molar refractivity (Wildman–Crippen MR) is 62.1 cm³/mol. The van der Waals surface area contributed by atoms with Gasteiger partial charge in [0.25, 0.3) is 0 Å². The largest absolute Gasteiger partial charge is 0.478 e. The zero-order valence-electron chi connectivity index (χ0n) is 9.22. The third-order valence-electron chi connectivity index (χ3n) is 2.51. The fourth-order valence-electron chi connectivity index (χ4n) is 1.63. The first kappa shape index (κ1) is 11.8. The number of carboxylic acid groups (broad SMARTS) is 2. The fourth-order valence-corrected chi connectivity index (χ4v) is 1.63. The Hall–Kier alpha value is -2.63. The summed E-state index contributed by atoms with van der Waals surface area (Å²) in [5.74, 6) is -1.07. The molecule has 0 saturated carbocycles. The molecule has 1 aliphatic heterocycles. The van der Waals surface area contributed by atoms with Crippen LogP contribution in [-0.4, -0.2) is 32.2 Å². The summed E-state index contributed by atoms with van der Waals surface area (Å²) in [6, 6.07) is 2.38. The predicted octanol–water partition coefficient (Wildman–Crippen LogP) is 1.88. The van der Waals surface area contributed by atoms with E-state index >= 15 is 0 Å². The average molecular weight is 246 g/mol. The van der Waals surface area contributed by atoms with E-state index in [1.165, 1.54) is 24.5 Å². The van der Waals surface area contributed by atoms with Crippen LogP contribution >= 0.6 is 0 Å². The van der Waals surface area contributed by atoms with Crippen molar-refractivity contribution in [2.75, 3.05) is 0 Å². The molecule has 1 atom stereocenters. The fraction of sp³-hybridized carbons (Fsp3) is 0.0833. The minimum absolute atomic E-state index is 0.0657. The molecule has 0 saturated heterocycles. The Morgan fingerprint density at radius 1 is 1.22 bits per heavy atom. The molecule has 1 aliphatic rings. The van der Waals surface area contributed by atoms with Gasteiger partial charge >= 0.3 is 12.1 Å². The van der Waals surface area contributed by atoms with Crippen LogP contribution in [-0.2, 0) is 0 Å². The molecule has 2 N–H and O–H groups in total. The molecule has 1 unspecified atom stereocenters. The Balaban J connectivity index is 2.30. The van der Waals surface area contributed by atoms with E-state index in [1.807, 2.05) is 0 Å². The van der Waals surface area contributed by atoms with Crippen molar-refractivity contribution in [1.82, 2.24) is 9.88 Å². The molecule has 0 aromatic carbocycles. The van der Waals surface area contributed by atoms with Gasteiger partial charge in [0.15, 0.2) is 0 Å². The third-order valence-corrected chi connectivity index (χ3v) is 2.51. The topological polar surface area (TPSA) is 90.7 Å². The first-order valence-corrected chi connectivity index (χ1v) is 5.15. The second kappa shape index (κ2) is 4.70. The zero-order valence-corrected chi connectivity index (χ0v) is 9.22. The molecule has 0 aliphatic carbocycles. The maximum atomic E-state index is 11.0. The van der Waals surface area contributed by atoms with Crippen LogP contribution in [0.4, 0.5) is 4.79 Å². The molecule has 2 heterocycles. The smallest absolute Gasteiger partial charge is 0.412 e. The Labute approximate surface area is 102 Å². The number of hydrogen-bond acceptors (Lipinski definition) is 3. The monoisotopic (exact) mass is 246 g/mol. The van der Waals surface area contributed by atoms with Gasteiger partial charge in [-0.15, -0.1) is 0 Å². The number of nitrogens with zero attached hydrogens (tertiary/aromatic N) is 2. The molecular formula is C12H10N2O4. The van der Waals surface area contributed by atoms with Gasteiger partial charge in [0, 0.05) is 12.4 Å². The first-order chi connectivity index (χ1) is 8.59. The number of hydrogen-bond donors (Lipinski definition) is 2. The summed E-state index contributed by atoms with van der Waals surface area (Å²) in [5.41, 5.74) is 0.541. The second-order valence-electron chi connectivity index (χ2n) is 3.64. The molecule has 1 amide bonds. The van der Waals surface area contributed by atoms with Crippen molar-refractivity contribution in [1.29, 1.82) is 0 Å². The van der Waals surface area contributed by atoms with E-state index in [0.717, 1.165) is 4.90 Å². The second-order valence-corrected chi connectivity index (χ2v) is 3.64. The third kappa shape index (κ3) is 2.22. The van der Waals surface area contributed by atoms with E-state index < -0.39 is 18.1 Å². The number of rotatable bonds is 2. The number of pyridine rings is 1. The van der Waals surface area contributed by atoms with E-state index in [-0.39, 0.29) is 5.56 Å². The number of carbonyl (C=O) groups is 2. The zero-order chi connectivity index (χ0) is 13.1. The Morgan fingerprint density at radius 3 is 2.56 bits per heavy atom. The lowest BCUT2D eigenvalue weighted by molar-refractivity contribution is 0.0696. The van der Waals surface area contributed by atoms with Crippen molar-refractivity contribution >= 4 is 12.1 Å². The first-order valence-electron chi connectivity index (χ1n) is 5.15. The Bertz CT molecular complexity index is 534. The number of aromatic carboxylic acids is 1. The molecule has 0 spiro atoms. The van der Waals surface area contributed by atoms with Gasteiger partial charge < -0.3 is 10.2 Å². The van der Waals surface area contributed by atoms with Gasteiger partial charge in [0.1, 0.15) is 6.04 Å². The highest BCUT2D eigenvalue weighted by Gasteiger charge is 2.23. The van der Waals surface area contributed by atoms with E-state index in [1.54, 1.807) is 18.2 Å². The molecule has 0 fully saturated rings. The molecule has 6 heteroatoms. The Kier molecular flexibility index (Phi) is 3.09. The molecule has 18 heavy (non-hydrogen) atoms. The van der Waals surface area contributed by atoms with Crippen LogP contribution in [0.3, 0.4) is 0 Å². The highest BCUT2D eigenvalue weighted by molar-refractivity contribution is 5.87. The summed E-state index contributed by atoms with van der Waals surface area (Å²) >= 11 is 0. The van der Waals surface area contributed by atoms with Crippen molar-refractivity contribution in [3.05, 3.63) is 54.0 Å². The number of amides is 1. The summed E-state index contributed by atoms with van der Waals surface area (Å²) in [7, 11) is 0. The molecule has 2 rings (SSSR count). The average Bonchev–Trinajstić information content (AvgIpc) is 2.39. The number of aromatic nitrogens is 1. The van der Waals surface area contributed by atoms with E-state index in [0.29, 0.717) is 5.69 Å². The van der Waals surface area contributed by atoms with Crippen molar-refractivity contribution in [3.8, 4) is 0 Å². The molecule has 1 aromatic heterocycles. The normalized spacial score (nSPS) is 17.8. The van der Waals surface area contributed by atoms with Gasteiger partial charge in [-0.1, -0.05) is 12.2 Å². The molecule has 0 bridgehead atoms. The SMILES string of the molecule is O=C(O)c1ccc(C2C=CC=CN2C(=O)O)nc1. The van der Waals surface area contributed by atoms with Gasteiger partial charge in [0.05, 0.1) is 11.3 Å². The highest BCUT2D eigenvalue weighted by atomic mass is 16.4. The van der Waals surface area contributed by atoms with Crippen LogP contribution in [0.25, 0.3) is 0 Å². The van der Waals surface area contributed by atoms with Gasteiger partial charge in [-0.05, 0) is 18.2 Å². The standard InChI is InChI=1S/C12H10N2O4/c15-11(16)8-4-5-9(13-7-8)10-3-1-2-6-14(10)12(17)18/h1-7,10H,(H,15,16)(H,17,18). The van der Waals surface area contributed by atoms with Gasteiger partial charge in [0.2, 0.25) is 0 Å². The molecule has 6 nitrogen and oxygen atoms in total. The van der Waals surface area contributed by atoms with Crippen LogP contribution in [0.5, 0.6) is 0 Å². The van der Waals surface area contributed by atoms with Crippen LogP contribution in [0.1, 0.15) is 22.1 Å². The van der Waals surface area contributed by atoms with Crippen LogP contribution in [0, 0.1) is 0 Å². The quantitative estimate of drug-likeness (QED) is 0.831. The van der Waals surface area contributed by atoms with Gasteiger partial charge in [-0.25, -0.2) is 9.59 Å². The van der Waals surface area contributed by atoms with Gasteiger partial charge in [-0.3, -0.25) is 9.88 Å². The Morgan fingerprint density at radius 2 is 2.00 bits per heavy atom. The summed E-state index contributed by atoms with van der Waals surface area (Å²) in [5, 5.41) is 17.8. The molecule has 0 radical (unpaired) electrons. The highest BCUT2D eigenvalue weighted by Crippen LogP contribution is 2.24. The molecule has 1 aromatic rings. The van der Waals surface area contributed by atoms with Gasteiger partial charge in [-0.2, -0.15) is 0 Å². The van der Waals surface area contributed by atoms with Crippen molar-refractivity contribution in [2.45, 2.75) is 6.04 Å². The van der Waals surface area contributed by atoms with E-state index in [9.17, 15) is 9.59 Å². The summed E-state index contributed by atoms with van der Waals surface area (Å²) in [6.45, 7) is 0. The summed E-state index contributed by atoms with van der Waals surface area (Å²) in [6.07, 6.45) is 6.55. The van der Waals surface area contributed by atoms with Crippen LogP contribution in [0.15, 0.2) is 42.8 Å². The summed E-state index contributed by atoms with van der Waals surface area (Å²) in [4.78, 5) is 26.8. The lowest BCUT2D eigenvalue weighted by atomic mass is 10.1. The van der Waals surface area contributed by atoms with E-state index in [4.69, 9.17) is 10.2 Å². The van der Waals surface area contributed by atoms with Crippen molar-refractivity contribution in [3.63, 3.8) is 0 Å². The van der Waals surface area contributed by atoms with Crippen LogP contribution < -0.4 is 0 Å². The van der Waals surface area contributed by atoms with Crippen molar-refractivity contribution in [2.24, 2.45) is 0 Å². The lowest BCUT2D eigenvalue weighted by Crippen LogP contribution is -2.29. The number of carboxylic acids is 1. The minimum atomic E-state index is -1.09. The maximum Gasteiger partial charge on any atom is 0.412 e. The minimum Gasteiger partial charge on any atom is -0.478 e. The van der Waals surface area contributed by atoms with Crippen LogP contribution in [0.2, 0.25) is 0 Å². The van der Waals surface area contributed by atoms with Crippen molar-refractivity contribution < 1.29 is 19.8 Å². The number of allylic oxidation sites excluding steroid dienone is 2. The lowest BCUT2D eigenvalue weighted by Gasteiger charge is -2.25. The van der Waals surface area contributed by atoms with E-state index in [2.05, 4.69) is 4.98 Å². The summed E-state index contributed by atoms with van der Waals surface area (Å²) < 4.78 is 0.